The van der Waals surface area contributed by atoms with Crippen LogP contribution in [0.4, 0.5) is 0 Å². The summed E-state index contributed by atoms with van der Waals surface area (Å²) in [6, 6.07) is 8.94. The van der Waals surface area contributed by atoms with Crippen LogP contribution in [0.2, 0.25) is 0 Å². The molecule has 0 saturated carbocycles. The van der Waals surface area contributed by atoms with Crippen molar-refractivity contribution in [2.24, 2.45) is 0 Å². The van der Waals surface area contributed by atoms with Crippen molar-refractivity contribution >= 4 is 10.0 Å². The zero-order valence-electron chi connectivity index (χ0n) is 11.5. The minimum Gasteiger partial charge on any atom is -0.312 e. The van der Waals surface area contributed by atoms with Crippen LogP contribution in [0, 0.1) is 0 Å². The predicted octanol–water partition coefficient (Wildman–Crippen LogP) is 1.21. The number of rotatable bonds is 4. The van der Waals surface area contributed by atoms with Crippen molar-refractivity contribution in [1.29, 1.82) is 0 Å². The molecule has 110 valence electrons. The quantitative estimate of drug-likeness (QED) is 0.890. The number of nitrogens with zero attached hydrogens (tertiary/aromatic N) is 1. The van der Waals surface area contributed by atoms with E-state index < -0.39 is 10.0 Å². The summed E-state index contributed by atoms with van der Waals surface area (Å²) in [5.41, 5.74) is 3.17. The van der Waals surface area contributed by atoms with Crippen LogP contribution < -0.4 is 10.0 Å². The van der Waals surface area contributed by atoms with Gasteiger partial charge in [0.2, 0.25) is 10.0 Å². The van der Waals surface area contributed by atoms with Crippen LogP contribution in [0.15, 0.2) is 47.6 Å². The summed E-state index contributed by atoms with van der Waals surface area (Å²) in [5, 5.41) is 3.26. The van der Waals surface area contributed by atoms with E-state index in [1.165, 1.54) is 5.56 Å². The highest BCUT2D eigenvalue weighted by Crippen LogP contribution is 2.19. The molecule has 0 aliphatic carbocycles. The maximum absolute atomic E-state index is 12.3. The maximum Gasteiger partial charge on any atom is 0.240 e. The smallest absolute Gasteiger partial charge is 0.240 e. The number of fused-ring (bicyclic) bond motifs is 1. The molecule has 0 amide bonds. The van der Waals surface area contributed by atoms with E-state index in [4.69, 9.17) is 0 Å². The second kappa shape index (κ2) is 5.93. The average molecular weight is 303 g/mol. The van der Waals surface area contributed by atoms with Crippen molar-refractivity contribution in [2.75, 3.05) is 6.54 Å². The lowest BCUT2D eigenvalue weighted by Crippen LogP contribution is -2.26. The van der Waals surface area contributed by atoms with Crippen molar-refractivity contribution < 1.29 is 8.42 Å². The molecule has 5 nitrogen and oxygen atoms in total. The fourth-order valence-corrected chi connectivity index (χ4v) is 3.45. The lowest BCUT2D eigenvalue weighted by atomic mass is 10.0. The maximum atomic E-state index is 12.3. The number of hydrogen-bond donors (Lipinski definition) is 2. The first kappa shape index (κ1) is 14.2. The van der Waals surface area contributed by atoms with Gasteiger partial charge in [0.05, 0.1) is 4.90 Å². The first-order valence-electron chi connectivity index (χ1n) is 6.86. The summed E-state index contributed by atoms with van der Waals surface area (Å²) < 4.78 is 27.3. The molecule has 0 spiro atoms. The van der Waals surface area contributed by atoms with Gasteiger partial charge in [0, 0.05) is 25.5 Å². The Morgan fingerprint density at radius 1 is 1.14 bits per heavy atom. The fourth-order valence-electron chi connectivity index (χ4n) is 2.39. The molecular weight excluding hydrogens is 286 g/mol. The number of aromatic nitrogens is 1. The number of pyridine rings is 1. The molecule has 2 N–H and O–H groups in total. The Kier molecular flexibility index (Phi) is 4.01. The highest BCUT2D eigenvalue weighted by molar-refractivity contribution is 7.89. The number of benzene rings is 1. The average Bonchev–Trinajstić information content (AvgIpc) is 2.53. The van der Waals surface area contributed by atoms with Crippen LogP contribution in [0.1, 0.15) is 16.7 Å². The number of sulfonamides is 1. The van der Waals surface area contributed by atoms with Crippen molar-refractivity contribution in [3.8, 4) is 0 Å². The Hall–Kier alpha value is -1.76. The van der Waals surface area contributed by atoms with Gasteiger partial charge in [0.1, 0.15) is 0 Å². The molecular formula is C15H17N3O2S. The number of hydrogen-bond acceptors (Lipinski definition) is 4. The Balaban J connectivity index is 1.78. The third-order valence-corrected chi connectivity index (χ3v) is 4.99. The van der Waals surface area contributed by atoms with Gasteiger partial charge in [0.15, 0.2) is 0 Å². The van der Waals surface area contributed by atoms with Gasteiger partial charge in [-0.05, 0) is 53.9 Å². The SMILES string of the molecule is O=S(=O)(NCc1ccncc1)c1ccc2c(c1)CNCC2. The van der Waals surface area contributed by atoms with Crippen molar-refractivity contribution in [3.05, 3.63) is 59.4 Å². The lowest BCUT2D eigenvalue weighted by molar-refractivity contribution is 0.580. The van der Waals surface area contributed by atoms with Gasteiger partial charge in [-0.2, -0.15) is 0 Å². The molecule has 0 atom stereocenters. The second-order valence-corrected chi connectivity index (χ2v) is 6.80. The fraction of sp³-hybridized carbons (Fsp3) is 0.267. The van der Waals surface area contributed by atoms with Crippen LogP contribution in [-0.4, -0.2) is 19.9 Å². The van der Waals surface area contributed by atoms with Gasteiger partial charge in [-0.3, -0.25) is 4.98 Å². The Morgan fingerprint density at radius 3 is 2.76 bits per heavy atom. The molecule has 2 heterocycles. The Morgan fingerprint density at radius 2 is 1.95 bits per heavy atom. The molecule has 1 aromatic heterocycles. The van der Waals surface area contributed by atoms with Crippen LogP contribution in [0.3, 0.4) is 0 Å². The predicted molar refractivity (Wildman–Crippen MR) is 80.1 cm³/mol. The van der Waals surface area contributed by atoms with E-state index in [2.05, 4.69) is 15.0 Å². The monoisotopic (exact) mass is 303 g/mol. The van der Waals surface area contributed by atoms with Gasteiger partial charge in [-0.1, -0.05) is 6.07 Å². The van der Waals surface area contributed by atoms with Crippen LogP contribution in [0.25, 0.3) is 0 Å². The highest BCUT2D eigenvalue weighted by atomic mass is 32.2. The lowest BCUT2D eigenvalue weighted by Gasteiger charge is -2.18. The molecule has 0 saturated heterocycles. The zero-order valence-corrected chi connectivity index (χ0v) is 12.4. The molecule has 0 radical (unpaired) electrons. The van der Waals surface area contributed by atoms with Gasteiger partial charge in [-0.15, -0.1) is 0 Å². The second-order valence-electron chi connectivity index (χ2n) is 5.04. The van der Waals surface area contributed by atoms with Crippen molar-refractivity contribution in [2.45, 2.75) is 24.4 Å². The topological polar surface area (TPSA) is 71.1 Å². The third kappa shape index (κ3) is 3.29. The van der Waals surface area contributed by atoms with Crippen molar-refractivity contribution in [1.82, 2.24) is 15.0 Å². The summed E-state index contributed by atoms with van der Waals surface area (Å²) in [6.07, 6.45) is 4.24. The largest absolute Gasteiger partial charge is 0.312 e. The first-order chi connectivity index (χ1) is 10.1. The molecule has 0 fully saturated rings. The molecule has 2 aromatic rings. The molecule has 0 bridgehead atoms. The van der Waals surface area contributed by atoms with E-state index >= 15 is 0 Å². The van der Waals surface area contributed by atoms with Gasteiger partial charge in [0.25, 0.3) is 0 Å². The normalized spacial score (nSPS) is 14.7. The van der Waals surface area contributed by atoms with Gasteiger partial charge in [-0.25, -0.2) is 13.1 Å². The van der Waals surface area contributed by atoms with Gasteiger partial charge < -0.3 is 5.32 Å². The van der Waals surface area contributed by atoms with Crippen molar-refractivity contribution in [3.63, 3.8) is 0 Å². The van der Waals surface area contributed by atoms with E-state index in [1.807, 2.05) is 6.07 Å². The minimum atomic E-state index is -3.49. The molecule has 1 aliphatic rings. The first-order valence-corrected chi connectivity index (χ1v) is 8.34. The third-order valence-electron chi connectivity index (χ3n) is 3.59. The van der Waals surface area contributed by atoms with E-state index in [-0.39, 0.29) is 6.54 Å². The molecule has 1 aromatic carbocycles. The Labute approximate surface area is 124 Å². The van der Waals surface area contributed by atoms with E-state index in [1.54, 1.807) is 36.7 Å². The molecule has 6 heteroatoms. The van der Waals surface area contributed by atoms with Crippen LogP contribution in [0.5, 0.6) is 0 Å². The van der Waals surface area contributed by atoms with Crippen LogP contribution >= 0.6 is 0 Å². The standard InChI is InChI=1S/C15H17N3O2S/c19-21(20,18-10-12-3-6-16-7-4-12)15-2-1-13-5-8-17-11-14(13)9-15/h1-4,6-7,9,17-18H,5,8,10-11H2. The molecule has 3 rings (SSSR count). The summed E-state index contributed by atoms with van der Waals surface area (Å²) >= 11 is 0. The zero-order chi connectivity index (χ0) is 14.7. The summed E-state index contributed by atoms with van der Waals surface area (Å²) in [7, 11) is -3.49. The molecule has 1 aliphatic heterocycles. The number of nitrogens with one attached hydrogen (secondary N) is 2. The summed E-state index contributed by atoms with van der Waals surface area (Å²) in [4.78, 5) is 4.23. The van der Waals surface area contributed by atoms with E-state index in [0.29, 0.717) is 4.90 Å². The molecule has 0 unspecified atom stereocenters. The van der Waals surface area contributed by atoms with Gasteiger partial charge >= 0.3 is 0 Å². The molecule has 21 heavy (non-hydrogen) atoms. The van der Waals surface area contributed by atoms with Crippen LogP contribution in [-0.2, 0) is 29.5 Å². The summed E-state index contributed by atoms with van der Waals surface area (Å²) in [5.74, 6) is 0. The summed E-state index contributed by atoms with van der Waals surface area (Å²) in [6.45, 7) is 1.93. The highest BCUT2D eigenvalue weighted by Gasteiger charge is 2.17. The van der Waals surface area contributed by atoms with E-state index in [0.717, 1.165) is 30.6 Å². The van der Waals surface area contributed by atoms with E-state index in [9.17, 15) is 8.42 Å². The Bertz CT molecular complexity index is 730. The minimum absolute atomic E-state index is 0.264.